The van der Waals surface area contributed by atoms with Gasteiger partial charge in [-0.2, -0.15) is 0 Å². The van der Waals surface area contributed by atoms with E-state index in [0.29, 0.717) is 23.1 Å². The van der Waals surface area contributed by atoms with Crippen LogP contribution in [-0.4, -0.2) is 41.9 Å². The van der Waals surface area contributed by atoms with Gasteiger partial charge in [0, 0.05) is 18.9 Å². The van der Waals surface area contributed by atoms with Gasteiger partial charge in [0.25, 0.3) is 0 Å². The summed E-state index contributed by atoms with van der Waals surface area (Å²) in [6.45, 7) is 0. The zero-order chi connectivity index (χ0) is 4.24. The molecule has 0 unspecified atom stereocenters. The summed E-state index contributed by atoms with van der Waals surface area (Å²) in [6, 6.07) is 0. The minimum Gasteiger partial charge on any atom is -0.458 e. The molecule has 0 aromatic heterocycles. The average Bonchev–Trinajstić information content (AvgIpc) is 1.72. The van der Waals surface area contributed by atoms with Crippen molar-refractivity contribution >= 4 is 41.9 Å². The third kappa shape index (κ3) is 3.27. The second-order valence-corrected chi connectivity index (χ2v) is 0.966. The van der Waals surface area contributed by atoms with E-state index in [1.54, 1.807) is 0 Å². The molecule has 0 aromatic rings. The average molecular weight is 90.4 g/mol. The fourth-order valence-corrected chi connectivity index (χ4v) is 0.279. The Morgan fingerprint density at radius 2 is 1.00 bits per heavy atom. The summed E-state index contributed by atoms with van der Waals surface area (Å²) in [5, 5.41) is 0. The Labute approximate surface area is 56.2 Å². The quantitative estimate of drug-likeness (QED) is 0.307. The van der Waals surface area contributed by atoms with Crippen LogP contribution in [0, 0.1) is 0 Å². The second kappa shape index (κ2) is 4.82. The Kier molecular flexibility index (Phi) is 5.29. The standard InChI is InChI=1S/B3H3O3.Li/c1-4-2-6-3-5-1;/h1-3H;. The van der Waals surface area contributed by atoms with Crippen LogP contribution >= 0.6 is 0 Å². The molecule has 3 nitrogen and oxygen atoms in total. The van der Waals surface area contributed by atoms with Crippen LogP contribution in [0.4, 0.5) is 0 Å². The zero-order valence-electron chi connectivity index (χ0n) is 4.35. The molecule has 1 rings (SSSR count). The third-order valence-electron chi connectivity index (χ3n) is 0.500. The Hall–Kier alpha value is 0.672. The van der Waals surface area contributed by atoms with E-state index in [4.69, 9.17) is 0 Å². The van der Waals surface area contributed by atoms with Gasteiger partial charge in [-0.05, 0) is 0 Å². The number of hydrogen-bond donors (Lipinski definition) is 0. The molecule has 7 heavy (non-hydrogen) atoms. The van der Waals surface area contributed by atoms with Gasteiger partial charge < -0.3 is 13.7 Å². The van der Waals surface area contributed by atoms with E-state index in [1.165, 1.54) is 0 Å². The van der Waals surface area contributed by atoms with Crippen molar-refractivity contribution < 1.29 is 13.7 Å². The van der Waals surface area contributed by atoms with Crippen molar-refractivity contribution in [2.45, 2.75) is 0 Å². The van der Waals surface area contributed by atoms with E-state index in [1.807, 2.05) is 0 Å². The van der Waals surface area contributed by atoms with Crippen LogP contribution in [0.15, 0.2) is 0 Å². The van der Waals surface area contributed by atoms with E-state index >= 15 is 0 Å². The maximum atomic E-state index is 4.62. The van der Waals surface area contributed by atoms with Gasteiger partial charge in [-0.3, -0.25) is 0 Å². The first-order chi connectivity index (χ1) is 3.00. The van der Waals surface area contributed by atoms with Crippen LogP contribution < -0.4 is 0 Å². The van der Waals surface area contributed by atoms with Crippen LogP contribution in [0.5, 0.6) is 0 Å². The monoisotopic (exact) mass is 91.1 g/mol. The van der Waals surface area contributed by atoms with E-state index < -0.39 is 0 Å². The molecule has 7 heteroatoms. The Morgan fingerprint density at radius 3 is 1.14 bits per heavy atom. The SMILES string of the molecule is B1OBOBO1.[Li]. The van der Waals surface area contributed by atoms with Crippen LogP contribution in [0.3, 0.4) is 0 Å². The Balaban J connectivity index is 0.000000360. The molecule has 0 spiro atoms. The summed E-state index contributed by atoms with van der Waals surface area (Å²) in [4.78, 5) is 0. The van der Waals surface area contributed by atoms with Crippen LogP contribution in [-0.2, 0) is 13.7 Å². The molecule has 1 aliphatic heterocycles. The predicted molar refractivity (Wildman–Crippen MR) is 30.5 cm³/mol. The van der Waals surface area contributed by atoms with Gasteiger partial charge in [-0.1, -0.05) is 0 Å². The van der Waals surface area contributed by atoms with Gasteiger partial charge in [0.1, 0.15) is 0 Å². The summed E-state index contributed by atoms with van der Waals surface area (Å²) >= 11 is 0. The van der Waals surface area contributed by atoms with Gasteiger partial charge >= 0.3 is 23.1 Å². The molecule has 0 bridgehead atoms. The van der Waals surface area contributed by atoms with Crippen molar-refractivity contribution in [3.63, 3.8) is 0 Å². The molecule has 1 fully saturated rings. The molecule has 1 radical (unpaired) electrons. The molecule has 1 saturated heterocycles. The van der Waals surface area contributed by atoms with Gasteiger partial charge in [0.15, 0.2) is 0 Å². The maximum absolute atomic E-state index is 4.62. The van der Waals surface area contributed by atoms with Crippen LogP contribution in [0.1, 0.15) is 0 Å². The third-order valence-corrected chi connectivity index (χ3v) is 0.500. The normalized spacial score (nSPS) is 17.1. The summed E-state index contributed by atoms with van der Waals surface area (Å²) in [5.41, 5.74) is 0. The van der Waals surface area contributed by atoms with Crippen LogP contribution in [0.2, 0.25) is 0 Å². The maximum Gasteiger partial charge on any atom is 0.410 e. The first-order valence-electron chi connectivity index (χ1n) is 1.73. The molecule has 0 aromatic carbocycles. The van der Waals surface area contributed by atoms with Gasteiger partial charge in [0.2, 0.25) is 0 Å². The van der Waals surface area contributed by atoms with E-state index in [2.05, 4.69) is 13.7 Å². The molecular weight excluding hydrogens is 87.4 g/mol. The number of rotatable bonds is 0. The predicted octanol–water partition coefficient (Wildman–Crippen LogP) is -2.53. The fraction of sp³-hybridized carbons (Fsp3) is 0. The molecule has 0 aliphatic carbocycles. The molecule has 31 valence electrons. The summed E-state index contributed by atoms with van der Waals surface area (Å²) < 4.78 is 13.9. The summed E-state index contributed by atoms with van der Waals surface area (Å²) in [7, 11) is 1.12. The molecule has 1 heterocycles. The first kappa shape index (κ1) is 7.67. The second-order valence-electron chi connectivity index (χ2n) is 0.966. The molecule has 0 N–H and O–H groups in total. The van der Waals surface area contributed by atoms with Crippen molar-refractivity contribution in [2.24, 2.45) is 0 Å². The molecule has 0 atom stereocenters. The van der Waals surface area contributed by atoms with E-state index in [9.17, 15) is 0 Å². The first-order valence-corrected chi connectivity index (χ1v) is 1.73. The molecular formula is H3B3LiO3. The van der Waals surface area contributed by atoms with E-state index in [0.717, 1.165) is 0 Å². The molecule has 0 amide bonds. The van der Waals surface area contributed by atoms with Gasteiger partial charge in [-0.25, -0.2) is 0 Å². The smallest absolute Gasteiger partial charge is 0.410 e. The Bertz CT molecular complexity index is 25.7. The van der Waals surface area contributed by atoms with Crippen molar-refractivity contribution in [1.29, 1.82) is 0 Å². The van der Waals surface area contributed by atoms with E-state index in [-0.39, 0.29) is 18.9 Å². The molecule has 1 aliphatic rings. The zero-order valence-corrected chi connectivity index (χ0v) is 4.35. The number of hydrogen-bond acceptors (Lipinski definition) is 3. The Morgan fingerprint density at radius 1 is 0.714 bits per heavy atom. The summed E-state index contributed by atoms with van der Waals surface area (Å²) in [6.07, 6.45) is 0. The molecule has 0 saturated carbocycles. The minimum absolute atomic E-state index is 0. The largest absolute Gasteiger partial charge is 0.458 e. The van der Waals surface area contributed by atoms with Crippen molar-refractivity contribution in [3.05, 3.63) is 0 Å². The van der Waals surface area contributed by atoms with Crippen molar-refractivity contribution in [2.75, 3.05) is 0 Å². The van der Waals surface area contributed by atoms with Crippen molar-refractivity contribution in [3.8, 4) is 0 Å². The van der Waals surface area contributed by atoms with Gasteiger partial charge in [-0.15, -0.1) is 0 Å². The minimum atomic E-state index is 0. The summed E-state index contributed by atoms with van der Waals surface area (Å²) in [5.74, 6) is 0. The van der Waals surface area contributed by atoms with Crippen molar-refractivity contribution in [1.82, 2.24) is 0 Å². The topological polar surface area (TPSA) is 27.7 Å². The fourth-order valence-electron chi connectivity index (χ4n) is 0.279. The van der Waals surface area contributed by atoms with Gasteiger partial charge in [0.05, 0.1) is 0 Å². The van der Waals surface area contributed by atoms with Crippen LogP contribution in [0.25, 0.3) is 0 Å².